The fourth-order valence-corrected chi connectivity index (χ4v) is 11.8. The average Bonchev–Trinajstić information content (AvgIpc) is 3.25. The van der Waals surface area contributed by atoms with Crippen LogP contribution in [-0.2, 0) is 61.1 Å². The minimum Gasteiger partial charge on any atom is -0.343 e. The highest BCUT2D eigenvalue weighted by Gasteiger charge is 2.77. The molecule has 8 aliphatic heterocycles. The lowest BCUT2D eigenvalue weighted by atomic mass is 9.57. The Kier molecular flexibility index (Phi) is 8.59. The second kappa shape index (κ2) is 12.3. The van der Waals surface area contributed by atoms with Crippen molar-refractivity contribution in [2.75, 3.05) is 6.61 Å². The molecule has 16 atom stereocenters. The molecule has 2 aliphatic carbocycles. The van der Waals surface area contributed by atoms with Crippen LogP contribution < -0.4 is 0 Å². The number of hydrogen-bond acceptors (Lipinski definition) is 12. The van der Waals surface area contributed by atoms with Crippen LogP contribution in [-0.4, -0.2) is 74.7 Å². The van der Waals surface area contributed by atoms with Crippen molar-refractivity contribution >= 4 is 0 Å². The first-order valence-electron chi connectivity index (χ1n) is 19.7. The molecule has 0 radical (unpaired) electrons. The Balaban J connectivity index is 0.916. The van der Waals surface area contributed by atoms with Crippen LogP contribution >= 0.6 is 0 Å². The van der Waals surface area contributed by atoms with Gasteiger partial charge in [0, 0.05) is 36.5 Å². The standard InChI is InChI=1S/C37H54F3N3O10/c1-20-8-10-27-22(3)33(7,48-29-34(27)25(20)12-14-31(5,46-29)50-52-34)45-19-24-18-41-42-43(24)16-17-44-36(37(38,39)40)23(4)28-11-9-21(2)26-13-15-32(6)47-30(49-36)35(26,28)53-51-32/h18,20-23,25-30H,8-17,19H2,1-7H3/t20-,21-,22-,23-,25+,26+,27+,28+,29+,30+,31+,32+,33+,34-,35-,36?/m1/s1. The van der Waals surface area contributed by atoms with Crippen molar-refractivity contribution < 1.29 is 61.1 Å². The Hall–Kier alpha value is -1.47. The number of aromatic nitrogens is 3. The summed E-state index contributed by atoms with van der Waals surface area (Å²) < 4.78 is 85.5. The van der Waals surface area contributed by atoms with Gasteiger partial charge in [0.05, 0.1) is 31.6 Å². The van der Waals surface area contributed by atoms with Gasteiger partial charge in [0.25, 0.3) is 5.79 Å². The highest BCUT2D eigenvalue weighted by atomic mass is 19.4. The third kappa shape index (κ3) is 5.25. The molecule has 1 aromatic rings. The predicted octanol–water partition coefficient (Wildman–Crippen LogP) is 6.55. The first kappa shape index (κ1) is 37.1. The number of halogens is 3. The zero-order valence-corrected chi connectivity index (χ0v) is 31.7. The van der Waals surface area contributed by atoms with Crippen LogP contribution in [0.15, 0.2) is 6.20 Å². The molecule has 2 saturated carbocycles. The Morgan fingerprint density at radius 2 is 1.28 bits per heavy atom. The van der Waals surface area contributed by atoms with Gasteiger partial charge in [-0.15, -0.1) is 5.10 Å². The summed E-state index contributed by atoms with van der Waals surface area (Å²) in [5.41, 5.74) is -1.34. The van der Waals surface area contributed by atoms with E-state index in [2.05, 4.69) is 31.1 Å². The third-order valence-corrected chi connectivity index (χ3v) is 15.0. The molecule has 13 nitrogen and oxygen atoms in total. The lowest BCUT2D eigenvalue weighted by Gasteiger charge is -2.62. The predicted molar refractivity (Wildman–Crippen MR) is 174 cm³/mol. The van der Waals surface area contributed by atoms with E-state index in [1.165, 1.54) is 4.68 Å². The summed E-state index contributed by atoms with van der Waals surface area (Å²) >= 11 is 0. The molecule has 0 amide bonds. The van der Waals surface area contributed by atoms with E-state index in [0.717, 1.165) is 25.7 Å². The lowest BCUT2D eigenvalue weighted by Crippen LogP contribution is -2.76. The number of nitrogens with zero attached hydrogens (tertiary/aromatic N) is 3. The van der Waals surface area contributed by atoms with E-state index in [-0.39, 0.29) is 49.3 Å². The Bertz CT molecular complexity index is 1570. The summed E-state index contributed by atoms with van der Waals surface area (Å²) in [6, 6.07) is 0. The van der Waals surface area contributed by atoms with Crippen molar-refractivity contribution in [2.45, 2.75) is 166 Å². The molecule has 9 heterocycles. The van der Waals surface area contributed by atoms with E-state index in [4.69, 9.17) is 48.0 Å². The van der Waals surface area contributed by atoms with E-state index in [0.29, 0.717) is 37.3 Å². The van der Waals surface area contributed by atoms with Gasteiger partial charge < -0.3 is 28.4 Å². The molecule has 1 unspecified atom stereocenters. The molecule has 10 aliphatic rings. The number of ether oxygens (including phenoxy) is 6. The van der Waals surface area contributed by atoms with E-state index in [9.17, 15) is 0 Å². The Morgan fingerprint density at radius 3 is 1.87 bits per heavy atom. The summed E-state index contributed by atoms with van der Waals surface area (Å²) in [6.07, 6.45) is 0.691. The summed E-state index contributed by atoms with van der Waals surface area (Å²) in [4.78, 5) is 24.1. The molecule has 0 N–H and O–H groups in total. The molecular formula is C37H54F3N3O10. The normalized spacial score (nSPS) is 53.1. The van der Waals surface area contributed by atoms with Crippen LogP contribution in [0.25, 0.3) is 0 Å². The summed E-state index contributed by atoms with van der Waals surface area (Å²) in [7, 11) is 0. The minimum absolute atomic E-state index is 0.0291. The Labute approximate surface area is 307 Å². The van der Waals surface area contributed by atoms with Gasteiger partial charge in [0.1, 0.15) is 0 Å². The van der Waals surface area contributed by atoms with E-state index < -0.39 is 64.9 Å². The van der Waals surface area contributed by atoms with Crippen molar-refractivity contribution in [2.24, 2.45) is 47.3 Å². The fourth-order valence-electron chi connectivity index (χ4n) is 11.8. The van der Waals surface area contributed by atoms with Gasteiger partial charge in [-0.2, -0.15) is 13.2 Å². The molecule has 1 aromatic heterocycles. The van der Waals surface area contributed by atoms with E-state index >= 15 is 13.2 Å². The van der Waals surface area contributed by atoms with Gasteiger partial charge in [0.15, 0.2) is 29.6 Å². The van der Waals surface area contributed by atoms with Gasteiger partial charge in [0.2, 0.25) is 11.6 Å². The summed E-state index contributed by atoms with van der Waals surface area (Å²) in [5, 5.41) is 8.25. The summed E-state index contributed by atoms with van der Waals surface area (Å²) in [5.74, 6) is -7.13. The number of alkyl halides is 3. The zero-order valence-electron chi connectivity index (χ0n) is 31.7. The van der Waals surface area contributed by atoms with Crippen molar-refractivity contribution in [1.82, 2.24) is 15.0 Å². The second-order valence-electron chi connectivity index (χ2n) is 17.9. The third-order valence-electron chi connectivity index (χ3n) is 15.0. The van der Waals surface area contributed by atoms with Gasteiger partial charge in [-0.05, 0) is 83.0 Å². The van der Waals surface area contributed by atoms with Crippen molar-refractivity contribution in [3.8, 4) is 0 Å². The van der Waals surface area contributed by atoms with Gasteiger partial charge in [-0.25, -0.2) is 24.2 Å². The summed E-state index contributed by atoms with van der Waals surface area (Å²) in [6.45, 7) is 13.2. The van der Waals surface area contributed by atoms with Crippen molar-refractivity contribution in [3.63, 3.8) is 0 Å². The molecule has 10 fully saturated rings. The number of rotatable bonds is 7. The number of fused-ring (bicyclic) bond motifs is 4. The molecular weight excluding hydrogens is 703 g/mol. The lowest BCUT2D eigenvalue weighted by molar-refractivity contribution is -0.599. The van der Waals surface area contributed by atoms with Gasteiger partial charge in [-0.1, -0.05) is 32.9 Å². The smallest absolute Gasteiger partial charge is 0.343 e. The first-order chi connectivity index (χ1) is 25.0. The molecule has 53 heavy (non-hydrogen) atoms. The first-order valence-corrected chi connectivity index (χ1v) is 19.7. The average molecular weight is 758 g/mol. The van der Waals surface area contributed by atoms with Gasteiger partial charge >= 0.3 is 6.18 Å². The molecule has 0 aromatic carbocycles. The van der Waals surface area contributed by atoms with Crippen LogP contribution in [0.1, 0.15) is 106 Å². The molecule has 8 saturated heterocycles. The topological polar surface area (TPSA) is 123 Å². The van der Waals surface area contributed by atoms with Crippen molar-refractivity contribution in [1.29, 1.82) is 0 Å². The van der Waals surface area contributed by atoms with Crippen LogP contribution in [0.4, 0.5) is 13.2 Å². The highest BCUT2D eigenvalue weighted by Crippen LogP contribution is 2.65. The molecule has 298 valence electrons. The maximum absolute atomic E-state index is 15.4. The quantitative estimate of drug-likeness (QED) is 0.281. The van der Waals surface area contributed by atoms with Gasteiger partial charge in [-0.3, -0.25) is 0 Å². The SMILES string of the molecule is C[C@@H]1CC[C@H]2[C@@H](C)C(OCCn3nncc3CO[C@@]3(C)O[C@@H]4O[C@]5(C)CC[C@H]6[C@H](C)CC[C@@H]([C@H]3C)[C@@]46OO5)(C(F)(F)F)O[C@@H]3O[C@]4(C)CC[C@@H]1[C@]32OO4. The van der Waals surface area contributed by atoms with Crippen LogP contribution in [0.2, 0.25) is 0 Å². The highest BCUT2D eigenvalue weighted by molar-refractivity contribution is 5.13. The minimum atomic E-state index is -4.88. The van der Waals surface area contributed by atoms with Crippen LogP contribution in [0.5, 0.6) is 0 Å². The maximum Gasteiger partial charge on any atom is 0.443 e. The number of hydrogen-bond donors (Lipinski definition) is 0. The molecule has 4 bridgehead atoms. The van der Waals surface area contributed by atoms with Crippen molar-refractivity contribution in [3.05, 3.63) is 11.9 Å². The fraction of sp³-hybridized carbons (Fsp3) is 0.946. The molecule has 2 spiro atoms. The largest absolute Gasteiger partial charge is 0.443 e. The molecule has 16 heteroatoms. The monoisotopic (exact) mass is 757 g/mol. The zero-order chi connectivity index (χ0) is 37.4. The molecule has 11 rings (SSSR count). The Morgan fingerprint density at radius 1 is 0.717 bits per heavy atom. The van der Waals surface area contributed by atoms with E-state index in [1.807, 2.05) is 13.8 Å². The van der Waals surface area contributed by atoms with Crippen LogP contribution in [0, 0.1) is 47.3 Å². The van der Waals surface area contributed by atoms with E-state index in [1.54, 1.807) is 20.0 Å². The second-order valence-corrected chi connectivity index (χ2v) is 17.9. The van der Waals surface area contributed by atoms with Crippen LogP contribution in [0.3, 0.4) is 0 Å². The maximum atomic E-state index is 15.4.